The van der Waals surface area contributed by atoms with E-state index in [0.717, 1.165) is 35.8 Å². The summed E-state index contributed by atoms with van der Waals surface area (Å²) in [5.74, 6) is 0.166. The van der Waals surface area contributed by atoms with Crippen LogP contribution in [0.1, 0.15) is 30.9 Å². The Morgan fingerprint density at radius 1 is 1.13 bits per heavy atom. The smallest absolute Gasteiger partial charge is 0.243 e. The predicted molar refractivity (Wildman–Crippen MR) is 123 cm³/mol. The van der Waals surface area contributed by atoms with E-state index in [1.54, 1.807) is 31.2 Å². The van der Waals surface area contributed by atoms with Crippen LogP contribution in [0.25, 0.3) is 0 Å². The highest BCUT2D eigenvalue weighted by atomic mass is 32.2. The third kappa shape index (κ3) is 5.98. The van der Waals surface area contributed by atoms with Gasteiger partial charge in [-0.25, -0.2) is 8.42 Å². The number of hydrogen-bond donors (Lipinski definition) is 1. The summed E-state index contributed by atoms with van der Waals surface area (Å²) in [5.41, 5.74) is 2.62. The first-order valence-electron chi connectivity index (χ1n) is 10.5. The van der Waals surface area contributed by atoms with Crippen LogP contribution in [0.5, 0.6) is 5.75 Å². The molecule has 1 saturated heterocycles. The molecular formula is C23H31N3O4S. The maximum Gasteiger partial charge on any atom is 0.243 e. The molecule has 168 valence electrons. The van der Waals surface area contributed by atoms with Crippen LogP contribution in [0.3, 0.4) is 0 Å². The standard InChI is InChI=1S/C23H31N3O4S/c1-18(26(31(3,28)29)21-11-8-12-22(15-21)30-2)23(27)24-16-19-9-4-5-10-20(19)17-25-13-6-7-14-25/h4-5,8-12,15,18H,6-7,13-14,16-17H2,1-3H3,(H,24,27)/t18-/m0/s1. The summed E-state index contributed by atoms with van der Waals surface area (Å²) >= 11 is 0. The van der Waals surface area contributed by atoms with Crippen molar-refractivity contribution in [2.45, 2.75) is 38.9 Å². The molecule has 0 saturated carbocycles. The molecule has 8 heteroatoms. The zero-order valence-electron chi connectivity index (χ0n) is 18.4. The molecule has 1 N–H and O–H groups in total. The van der Waals surface area contributed by atoms with Crippen LogP contribution >= 0.6 is 0 Å². The molecule has 7 nitrogen and oxygen atoms in total. The highest BCUT2D eigenvalue weighted by Gasteiger charge is 2.29. The van der Waals surface area contributed by atoms with E-state index in [9.17, 15) is 13.2 Å². The van der Waals surface area contributed by atoms with Gasteiger partial charge in [-0.15, -0.1) is 0 Å². The average molecular weight is 446 g/mol. The van der Waals surface area contributed by atoms with Crippen LogP contribution in [0.15, 0.2) is 48.5 Å². The topological polar surface area (TPSA) is 79.0 Å². The van der Waals surface area contributed by atoms with Crippen LogP contribution in [0, 0.1) is 0 Å². The molecule has 1 aliphatic heterocycles. The number of hydrogen-bond acceptors (Lipinski definition) is 5. The van der Waals surface area contributed by atoms with Crippen molar-refractivity contribution in [3.05, 3.63) is 59.7 Å². The van der Waals surface area contributed by atoms with Crippen LogP contribution in [0.4, 0.5) is 5.69 Å². The van der Waals surface area contributed by atoms with Gasteiger partial charge in [0.15, 0.2) is 0 Å². The van der Waals surface area contributed by atoms with Crippen LogP contribution in [-0.4, -0.2) is 51.7 Å². The van der Waals surface area contributed by atoms with Crippen LogP contribution in [0.2, 0.25) is 0 Å². The molecule has 31 heavy (non-hydrogen) atoms. The Labute approximate surface area is 185 Å². The molecule has 1 fully saturated rings. The third-order valence-corrected chi connectivity index (χ3v) is 6.80. The van der Waals surface area contributed by atoms with Crippen molar-refractivity contribution < 1.29 is 17.9 Å². The molecule has 2 aromatic carbocycles. The number of nitrogens with zero attached hydrogens (tertiary/aromatic N) is 2. The van der Waals surface area contributed by atoms with Gasteiger partial charge in [-0.2, -0.15) is 0 Å². The lowest BCUT2D eigenvalue weighted by Crippen LogP contribution is -2.47. The van der Waals surface area contributed by atoms with E-state index in [1.165, 1.54) is 25.5 Å². The summed E-state index contributed by atoms with van der Waals surface area (Å²) in [6.07, 6.45) is 3.55. The molecule has 0 spiro atoms. The second-order valence-electron chi connectivity index (χ2n) is 7.91. The average Bonchev–Trinajstić information content (AvgIpc) is 3.25. The Hall–Kier alpha value is -2.58. The second kappa shape index (κ2) is 10.2. The Morgan fingerprint density at radius 2 is 1.81 bits per heavy atom. The first-order chi connectivity index (χ1) is 14.8. The SMILES string of the molecule is COc1cccc(N([C@@H](C)C(=O)NCc2ccccc2CN2CCCC2)S(C)(=O)=O)c1. The van der Waals surface area contributed by atoms with Gasteiger partial charge < -0.3 is 10.1 Å². The van der Waals surface area contributed by atoms with Crippen molar-refractivity contribution in [2.24, 2.45) is 0 Å². The lowest BCUT2D eigenvalue weighted by atomic mass is 10.1. The lowest BCUT2D eigenvalue weighted by Gasteiger charge is -2.28. The highest BCUT2D eigenvalue weighted by molar-refractivity contribution is 7.92. The quantitative estimate of drug-likeness (QED) is 0.642. The molecule has 0 unspecified atom stereocenters. The molecule has 1 heterocycles. The van der Waals surface area contributed by atoms with Gasteiger partial charge in [-0.1, -0.05) is 30.3 Å². The molecule has 1 aliphatic rings. The maximum atomic E-state index is 12.9. The molecule has 1 amide bonds. The van der Waals surface area contributed by atoms with Crippen molar-refractivity contribution >= 4 is 21.6 Å². The van der Waals surface area contributed by atoms with Crippen LogP contribution < -0.4 is 14.4 Å². The molecule has 0 radical (unpaired) electrons. The first-order valence-corrected chi connectivity index (χ1v) is 12.3. The number of benzene rings is 2. The van der Waals surface area contributed by atoms with Crippen molar-refractivity contribution in [3.8, 4) is 5.75 Å². The number of carbonyl (C=O) groups excluding carboxylic acids is 1. The van der Waals surface area contributed by atoms with Gasteiger partial charge in [0.2, 0.25) is 15.9 Å². The molecule has 0 bridgehead atoms. The molecule has 1 atom stereocenters. The Kier molecular flexibility index (Phi) is 7.56. The van der Waals surface area contributed by atoms with Gasteiger partial charge in [0.1, 0.15) is 11.8 Å². The fourth-order valence-corrected chi connectivity index (χ4v) is 5.12. The number of carbonyl (C=O) groups is 1. The van der Waals surface area contributed by atoms with Crippen molar-refractivity contribution in [3.63, 3.8) is 0 Å². The number of rotatable bonds is 9. The van der Waals surface area contributed by atoms with E-state index in [2.05, 4.69) is 16.3 Å². The fraction of sp³-hybridized carbons (Fsp3) is 0.435. The van der Waals surface area contributed by atoms with Gasteiger partial charge in [0, 0.05) is 19.2 Å². The minimum Gasteiger partial charge on any atom is -0.497 e. The van der Waals surface area contributed by atoms with Crippen LogP contribution in [-0.2, 0) is 27.9 Å². The van der Waals surface area contributed by atoms with Crippen molar-refractivity contribution in [2.75, 3.05) is 30.8 Å². The van der Waals surface area contributed by atoms with Gasteiger partial charge >= 0.3 is 0 Å². The number of nitrogens with one attached hydrogen (secondary N) is 1. The van der Waals surface area contributed by atoms with Crippen molar-refractivity contribution in [1.29, 1.82) is 0 Å². The number of amides is 1. The van der Waals surface area contributed by atoms with E-state index < -0.39 is 16.1 Å². The third-order valence-electron chi connectivity index (χ3n) is 5.56. The largest absolute Gasteiger partial charge is 0.497 e. The molecule has 0 aromatic heterocycles. The predicted octanol–water partition coefficient (Wildman–Crippen LogP) is 2.76. The molecular weight excluding hydrogens is 414 g/mol. The molecule has 3 rings (SSSR count). The molecule has 0 aliphatic carbocycles. The maximum absolute atomic E-state index is 12.9. The normalized spacial score (nSPS) is 15.5. The number of anilines is 1. The monoisotopic (exact) mass is 445 g/mol. The lowest BCUT2D eigenvalue weighted by molar-refractivity contribution is -0.122. The Bertz CT molecular complexity index is 1000. The number of sulfonamides is 1. The number of likely N-dealkylation sites (tertiary alicyclic amines) is 1. The van der Waals surface area contributed by atoms with Gasteiger partial charge in [0.05, 0.1) is 19.1 Å². The zero-order chi connectivity index (χ0) is 22.4. The zero-order valence-corrected chi connectivity index (χ0v) is 19.2. The fourth-order valence-electron chi connectivity index (χ4n) is 3.95. The Balaban J connectivity index is 1.73. The summed E-state index contributed by atoms with van der Waals surface area (Å²) < 4.78 is 31.3. The number of ether oxygens (including phenoxy) is 1. The summed E-state index contributed by atoms with van der Waals surface area (Å²) in [6, 6.07) is 13.8. The minimum absolute atomic E-state index is 0.350. The van der Waals surface area contributed by atoms with E-state index in [4.69, 9.17) is 4.74 Å². The first kappa shape index (κ1) is 23.1. The second-order valence-corrected chi connectivity index (χ2v) is 9.77. The van der Waals surface area contributed by atoms with Gasteiger partial charge in [-0.05, 0) is 56.1 Å². The molecule has 2 aromatic rings. The highest BCUT2D eigenvalue weighted by Crippen LogP contribution is 2.25. The van der Waals surface area contributed by atoms with E-state index in [0.29, 0.717) is 18.0 Å². The Morgan fingerprint density at radius 3 is 2.45 bits per heavy atom. The summed E-state index contributed by atoms with van der Waals surface area (Å²) in [7, 11) is -2.17. The van der Waals surface area contributed by atoms with Crippen molar-refractivity contribution in [1.82, 2.24) is 10.2 Å². The minimum atomic E-state index is -3.68. The van der Waals surface area contributed by atoms with E-state index in [1.807, 2.05) is 18.2 Å². The van der Waals surface area contributed by atoms with E-state index >= 15 is 0 Å². The summed E-state index contributed by atoms with van der Waals surface area (Å²) in [5, 5.41) is 2.92. The number of methoxy groups -OCH3 is 1. The van der Waals surface area contributed by atoms with Gasteiger partial charge in [-0.3, -0.25) is 14.0 Å². The van der Waals surface area contributed by atoms with Gasteiger partial charge in [0.25, 0.3) is 0 Å². The van der Waals surface area contributed by atoms with E-state index in [-0.39, 0.29) is 5.91 Å². The summed E-state index contributed by atoms with van der Waals surface area (Å²) in [4.78, 5) is 15.3. The summed E-state index contributed by atoms with van der Waals surface area (Å²) in [6.45, 7) is 5.00.